The van der Waals surface area contributed by atoms with E-state index in [2.05, 4.69) is 60.0 Å². The van der Waals surface area contributed by atoms with E-state index in [9.17, 15) is 4.79 Å². The van der Waals surface area contributed by atoms with Gasteiger partial charge in [0.1, 0.15) is 0 Å². The number of hydrogen-bond acceptors (Lipinski definition) is 2. The van der Waals surface area contributed by atoms with E-state index < -0.39 is 0 Å². The van der Waals surface area contributed by atoms with Crippen molar-refractivity contribution in [2.75, 3.05) is 13.1 Å². The molecule has 1 saturated heterocycles. The second-order valence-electron chi connectivity index (χ2n) is 10.5. The molecule has 1 N–H and O–H groups in total. The van der Waals surface area contributed by atoms with Crippen molar-refractivity contribution >= 4 is 16.8 Å². The summed E-state index contributed by atoms with van der Waals surface area (Å²) in [6, 6.07) is 8.26. The largest absolute Gasteiger partial charge is 0.353 e. The first-order valence-electron chi connectivity index (χ1n) is 12.7. The third kappa shape index (κ3) is 3.82. The van der Waals surface area contributed by atoms with E-state index in [-0.39, 0.29) is 5.92 Å². The van der Waals surface area contributed by atoms with Gasteiger partial charge in [0.25, 0.3) is 0 Å². The molecule has 0 radical (unpaired) electrons. The molecule has 4 heteroatoms. The summed E-state index contributed by atoms with van der Waals surface area (Å²) in [6.07, 6.45) is 11.8. The first-order valence-corrected chi connectivity index (χ1v) is 12.7. The van der Waals surface area contributed by atoms with Crippen LogP contribution in [0.25, 0.3) is 10.9 Å². The SMILES string of the molecule is CCCN1C[C@H](C(=O)NC2CCCCC2)CC2c3cccc4c3c(cn4C(C)C)C[C@H]21. The van der Waals surface area contributed by atoms with Crippen LogP contribution in [0, 0.1) is 5.92 Å². The highest BCUT2D eigenvalue weighted by Crippen LogP contribution is 2.46. The summed E-state index contributed by atoms with van der Waals surface area (Å²) in [5, 5.41) is 4.91. The van der Waals surface area contributed by atoms with Crippen LogP contribution in [-0.4, -0.2) is 40.5 Å². The van der Waals surface area contributed by atoms with Crippen LogP contribution >= 0.6 is 0 Å². The Morgan fingerprint density at radius 2 is 2.00 bits per heavy atom. The van der Waals surface area contributed by atoms with Crippen molar-refractivity contribution in [2.24, 2.45) is 5.92 Å². The Kier molecular flexibility index (Phi) is 5.85. The van der Waals surface area contributed by atoms with Gasteiger partial charge in [0.15, 0.2) is 0 Å². The Morgan fingerprint density at radius 1 is 1.19 bits per heavy atom. The van der Waals surface area contributed by atoms with Crippen molar-refractivity contribution in [3.8, 4) is 0 Å². The molecule has 3 aliphatic rings. The lowest BCUT2D eigenvalue weighted by molar-refractivity contribution is -0.128. The minimum absolute atomic E-state index is 0.110. The molecule has 5 rings (SSSR count). The third-order valence-corrected chi connectivity index (χ3v) is 8.11. The third-order valence-electron chi connectivity index (χ3n) is 8.11. The summed E-state index contributed by atoms with van der Waals surface area (Å²) in [4.78, 5) is 16.0. The minimum atomic E-state index is 0.110. The van der Waals surface area contributed by atoms with E-state index in [1.807, 2.05) is 0 Å². The lowest BCUT2D eigenvalue weighted by Gasteiger charge is -2.47. The summed E-state index contributed by atoms with van der Waals surface area (Å²) in [7, 11) is 0. The van der Waals surface area contributed by atoms with Crippen LogP contribution in [0.3, 0.4) is 0 Å². The molecule has 2 aromatic rings. The predicted molar refractivity (Wildman–Crippen MR) is 128 cm³/mol. The maximum Gasteiger partial charge on any atom is 0.224 e. The Bertz CT molecular complexity index is 939. The lowest BCUT2D eigenvalue weighted by atomic mass is 9.72. The molecule has 2 aliphatic carbocycles. The molecule has 1 saturated carbocycles. The number of rotatable bonds is 5. The summed E-state index contributed by atoms with van der Waals surface area (Å²) in [6.45, 7) is 8.82. The van der Waals surface area contributed by atoms with Crippen molar-refractivity contribution in [1.82, 2.24) is 14.8 Å². The van der Waals surface area contributed by atoms with Gasteiger partial charge in [-0.1, -0.05) is 38.3 Å². The molecule has 4 nitrogen and oxygen atoms in total. The quantitative estimate of drug-likeness (QED) is 0.701. The standard InChI is InChI=1S/C27H39N3O/c1-4-13-29-16-20(27(31)28-21-9-6-5-7-10-21)14-23-22-11-8-12-24-26(22)19(15-25(23)29)17-30(24)18(2)3/h8,11-12,17-18,20-21,23,25H,4-7,9-10,13-16H2,1-3H3,(H,28,31)/t20-,23?,25-/m1/s1. The van der Waals surface area contributed by atoms with E-state index in [4.69, 9.17) is 0 Å². The average molecular weight is 422 g/mol. The molecule has 2 heterocycles. The second-order valence-corrected chi connectivity index (χ2v) is 10.5. The van der Waals surface area contributed by atoms with Crippen molar-refractivity contribution in [3.05, 3.63) is 35.5 Å². The maximum atomic E-state index is 13.3. The van der Waals surface area contributed by atoms with Crippen LogP contribution in [0.15, 0.2) is 24.4 Å². The topological polar surface area (TPSA) is 37.3 Å². The Labute approximate surface area is 187 Å². The zero-order chi connectivity index (χ0) is 21.5. The van der Waals surface area contributed by atoms with Gasteiger partial charge in [-0.25, -0.2) is 0 Å². The van der Waals surface area contributed by atoms with Gasteiger partial charge in [-0.2, -0.15) is 0 Å². The Hall–Kier alpha value is -1.81. The summed E-state index contributed by atoms with van der Waals surface area (Å²) >= 11 is 0. The van der Waals surface area contributed by atoms with Crippen molar-refractivity contribution < 1.29 is 4.79 Å². The van der Waals surface area contributed by atoms with E-state index in [1.54, 1.807) is 0 Å². The average Bonchev–Trinajstić information content (AvgIpc) is 3.15. The molecule has 31 heavy (non-hydrogen) atoms. The molecular weight excluding hydrogens is 382 g/mol. The Balaban J connectivity index is 1.46. The minimum Gasteiger partial charge on any atom is -0.353 e. The molecule has 1 aromatic heterocycles. The highest BCUT2D eigenvalue weighted by Gasteiger charge is 2.43. The normalized spacial score (nSPS) is 26.9. The number of carbonyl (C=O) groups is 1. The van der Waals surface area contributed by atoms with Gasteiger partial charge < -0.3 is 9.88 Å². The number of nitrogens with one attached hydrogen (secondary N) is 1. The molecule has 3 atom stereocenters. The smallest absolute Gasteiger partial charge is 0.224 e. The summed E-state index contributed by atoms with van der Waals surface area (Å²) < 4.78 is 2.45. The van der Waals surface area contributed by atoms with Gasteiger partial charge >= 0.3 is 0 Å². The number of piperidine rings is 1. The second kappa shape index (κ2) is 8.61. The van der Waals surface area contributed by atoms with E-state index in [0.29, 0.717) is 30.0 Å². The van der Waals surface area contributed by atoms with E-state index >= 15 is 0 Å². The van der Waals surface area contributed by atoms with Crippen molar-refractivity contribution in [3.63, 3.8) is 0 Å². The number of fused-ring (bicyclic) bond motifs is 2. The zero-order valence-electron chi connectivity index (χ0n) is 19.6. The van der Waals surface area contributed by atoms with Crippen LogP contribution < -0.4 is 5.32 Å². The highest BCUT2D eigenvalue weighted by molar-refractivity contribution is 5.89. The number of amides is 1. The first-order chi connectivity index (χ1) is 15.1. The van der Waals surface area contributed by atoms with Gasteiger partial charge in [0.2, 0.25) is 5.91 Å². The summed E-state index contributed by atoms with van der Waals surface area (Å²) in [5.74, 6) is 0.879. The number of hydrogen-bond donors (Lipinski definition) is 1. The van der Waals surface area contributed by atoms with Crippen LogP contribution in [0.2, 0.25) is 0 Å². The fraction of sp³-hybridized carbons (Fsp3) is 0.667. The molecule has 0 spiro atoms. The number of benzene rings is 1. The van der Waals surface area contributed by atoms with E-state index in [1.165, 1.54) is 41.3 Å². The number of nitrogens with zero attached hydrogens (tertiary/aromatic N) is 2. The predicted octanol–water partition coefficient (Wildman–Crippen LogP) is 5.41. The van der Waals surface area contributed by atoms with Crippen LogP contribution in [0.5, 0.6) is 0 Å². The van der Waals surface area contributed by atoms with Gasteiger partial charge in [0, 0.05) is 47.7 Å². The van der Waals surface area contributed by atoms with Crippen LogP contribution in [0.4, 0.5) is 0 Å². The number of aromatic nitrogens is 1. The molecule has 1 amide bonds. The summed E-state index contributed by atoms with van der Waals surface area (Å²) in [5.41, 5.74) is 4.36. The molecule has 2 fully saturated rings. The fourth-order valence-electron chi connectivity index (χ4n) is 6.66. The molecule has 0 bridgehead atoms. The fourth-order valence-corrected chi connectivity index (χ4v) is 6.66. The molecular formula is C27H39N3O. The van der Waals surface area contributed by atoms with Gasteiger partial charge in [-0.3, -0.25) is 9.69 Å². The zero-order valence-corrected chi connectivity index (χ0v) is 19.6. The van der Waals surface area contributed by atoms with Crippen LogP contribution in [0.1, 0.15) is 88.8 Å². The first kappa shape index (κ1) is 21.1. The Morgan fingerprint density at radius 3 is 2.74 bits per heavy atom. The van der Waals surface area contributed by atoms with Crippen molar-refractivity contribution in [2.45, 2.75) is 96.2 Å². The molecule has 1 unspecified atom stereocenters. The van der Waals surface area contributed by atoms with Gasteiger partial charge in [-0.05, 0) is 69.7 Å². The number of likely N-dealkylation sites (tertiary alicyclic amines) is 1. The monoisotopic (exact) mass is 421 g/mol. The van der Waals surface area contributed by atoms with Gasteiger partial charge in [0.05, 0.1) is 5.92 Å². The molecule has 1 aliphatic heterocycles. The van der Waals surface area contributed by atoms with Crippen molar-refractivity contribution in [1.29, 1.82) is 0 Å². The number of carbonyl (C=O) groups excluding carboxylic acids is 1. The molecule has 168 valence electrons. The lowest BCUT2D eigenvalue weighted by Crippen LogP contribution is -2.54. The van der Waals surface area contributed by atoms with Crippen LogP contribution in [-0.2, 0) is 11.2 Å². The maximum absolute atomic E-state index is 13.3. The highest BCUT2D eigenvalue weighted by atomic mass is 16.2. The van der Waals surface area contributed by atoms with E-state index in [0.717, 1.165) is 45.2 Å². The molecule has 1 aromatic carbocycles. The van der Waals surface area contributed by atoms with Gasteiger partial charge in [-0.15, -0.1) is 0 Å².